The van der Waals surface area contributed by atoms with Crippen LogP contribution in [0.5, 0.6) is 11.5 Å². The second-order valence-electron chi connectivity index (χ2n) is 10.6. The molecule has 5 rings (SSSR count). The molecule has 1 aliphatic heterocycles. The lowest BCUT2D eigenvalue weighted by Crippen LogP contribution is -2.42. The molecule has 11 nitrogen and oxygen atoms in total. The molecular weight excluding hydrogens is 562 g/mol. The zero-order valence-electron chi connectivity index (χ0n) is 26.0. The molecule has 0 radical (unpaired) electrons. The highest BCUT2D eigenvalue weighted by molar-refractivity contribution is 7.99. The van der Waals surface area contributed by atoms with Gasteiger partial charge in [0.2, 0.25) is 5.95 Å². The first kappa shape index (κ1) is 30.4. The van der Waals surface area contributed by atoms with Crippen molar-refractivity contribution in [2.75, 3.05) is 74.5 Å². The first-order chi connectivity index (χ1) is 20.9. The fourth-order valence-corrected chi connectivity index (χ4v) is 5.90. The standard InChI is InChI=1S/C31H41N9O2S/c1-8-20-17-24(26(41-5)18-25(20)40-15-11-21(12-16-40)38(2)3)36-31-34-19-27(42-6)30(37-31)35-23-10-9-22-28(33-14-13-32-22)29(23)39(4)43-7/h9-10,13-14,17-19,21H,8,11-12,15-16H2,1-7H3,(H2,34,35,36,37). The molecule has 0 saturated carbocycles. The van der Waals surface area contributed by atoms with Gasteiger partial charge in [-0.05, 0) is 57.1 Å². The van der Waals surface area contributed by atoms with Gasteiger partial charge in [0, 0.05) is 56.6 Å². The number of benzene rings is 2. The number of aromatic nitrogens is 4. The Morgan fingerprint density at radius 3 is 2.37 bits per heavy atom. The zero-order valence-corrected chi connectivity index (χ0v) is 26.8. The predicted octanol–water partition coefficient (Wildman–Crippen LogP) is 5.73. The summed E-state index contributed by atoms with van der Waals surface area (Å²) in [6.07, 6.45) is 10.3. The van der Waals surface area contributed by atoms with Crippen LogP contribution in [0.3, 0.4) is 0 Å². The van der Waals surface area contributed by atoms with Crippen LogP contribution in [0, 0.1) is 0 Å². The Balaban J connectivity index is 1.45. The van der Waals surface area contributed by atoms with Crippen LogP contribution in [0.4, 0.5) is 34.5 Å². The Morgan fingerprint density at radius 2 is 1.70 bits per heavy atom. The van der Waals surface area contributed by atoms with Crippen LogP contribution in [0.2, 0.25) is 0 Å². The molecule has 0 unspecified atom stereocenters. The number of fused-ring (bicyclic) bond motifs is 1. The molecular formula is C31H41N9O2S. The Hall–Kier alpha value is -4.03. The summed E-state index contributed by atoms with van der Waals surface area (Å²) in [6.45, 7) is 4.23. The molecule has 2 aromatic heterocycles. The van der Waals surface area contributed by atoms with E-state index in [9.17, 15) is 0 Å². The van der Waals surface area contributed by atoms with E-state index in [1.807, 2.05) is 29.7 Å². The number of methoxy groups -OCH3 is 2. The summed E-state index contributed by atoms with van der Waals surface area (Å²) in [5, 5.41) is 6.86. The molecule has 0 bridgehead atoms. The highest BCUT2D eigenvalue weighted by Gasteiger charge is 2.24. The molecule has 2 aromatic carbocycles. The van der Waals surface area contributed by atoms with E-state index in [4.69, 9.17) is 14.5 Å². The molecule has 3 heterocycles. The second-order valence-corrected chi connectivity index (χ2v) is 11.6. The lowest BCUT2D eigenvalue weighted by Gasteiger charge is -2.37. The van der Waals surface area contributed by atoms with Crippen molar-refractivity contribution in [1.29, 1.82) is 0 Å². The number of ether oxygens (including phenoxy) is 2. The van der Waals surface area contributed by atoms with Gasteiger partial charge in [0.15, 0.2) is 11.6 Å². The molecule has 1 saturated heterocycles. The monoisotopic (exact) mass is 603 g/mol. The van der Waals surface area contributed by atoms with Gasteiger partial charge in [0.1, 0.15) is 11.3 Å². The summed E-state index contributed by atoms with van der Waals surface area (Å²) in [5.74, 6) is 2.20. The van der Waals surface area contributed by atoms with Crippen LogP contribution in [-0.4, -0.2) is 85.6 Å². The number of hydrogen-bond acceptors (Lipinski definition) is 12. The molecule has 4 aromatic rings. The molecule has 43 heavy (non-hydrogen) atoms. The van der Waals surface area contributed by atoms with E-state index in [1.54, 1.807) is 44.8 Å². The van der Waals surface area contributed by atoms with E-state index in [1.165, 1.54) is 11.3 Å². The molecule has 0 amide bonds. The number of aryl methyl sites for hydroxylation is 1. The summed E-state index contributed by atoms with van der Waals surface area (Å²) in [7, 11) is 9.63. The van der Waals surface area contributed by atoms with Crippen molar-refractivity contribution in [3.8, 4) is 11.5 Å². The first-order valence-corrected chi connectivity index (χ1v) is 15.6. The summed E-state index contributed by atoms with van der Waals surface area (Å²) in [4.78, 5) is 23.3. The van der Waals surface area contributed by atoms with Gasteiger partial charge in [0.05, 0.1) is 43.0 Å². The van der Waals surface area contributed by atoms with E-state index >= 15 is 0 Å². The number of nitrogens with zero attached hydrogens (tertiary/aromatic N) is 7. The average Bonchev–Trinajstić information content (AvgIpc) is 3.04. The summed E-state index contributed by atoms with van der Waals surface area (Å²) in [6, 6.07) is 8.83. The minimum atomic E-state index is 0.420. The van der Waals surface area contributed by atoms with E-state index in [-0.39, 0.29) is 0 Å². The molecule has 0 atom stereocenters. The molecule has 2 N–H and O–H groups in total. The van der Waals surface area contributed by atoms with Gasteiger partial charge < -0.3 is 34.2 Å². The molecule has 1 fully saturated rings. The van der Waals surface area contributed by atoms with Crippen LogP contribution in [0.15, 0.2) is 42.9 Å². The van der Waals surface area contributed by atoms with E-state index < -0.39 is 0 Å². The van der Waals surface area contributed by atoms with E-state index in [0.717, 1.165) is 66.2 Å². The molecule has 0 aliphatic carbocycles. The van der Waals surface area contributed by atoms with E-state index in [2.05, 4.69) is 68.5 Å². The molecule has 1 aliphatic rings. The third-order valence-corrected chi connectivity index (χ3v) is 8.72. The van der Waals surface area contributed by atoms with Crippen molar-refractivity contribution in [3.63, 3.8) is 0 Å². The fourth-order valence-electron chi connectivity index (χ4n) is 5.53. The van der Waals surface area contributed by atoms with Gasteiger partial charge in [-0.15, -0.1) is 0 Å². The lowest BCUT2D eigenvalue weighted by molar-refractivity contribution is 0.249. The number of rotatable bonds is 11. The largest absolute Gasteiger partial charge is 0.494 e. The molecule has 12 heteroatoms. The molecule has 0 spiro atoms. The smallest absolute Gasteiger partial charge is 0.229 e. The van der Waals surface area contributed by atoms with Gasteiger partial charge in [-0.3, -0.25) is 9.97 Å². The van der Waals surface area contributed by atoms with Gasteiger partial charge in [-0.1, -0.05) is 18.9 Å². The quantitative estimate of drug-likeness (QED) is 0.205. The third kappa shape index (κ3) is 6.50. The highest BCUT2D eigenvalue weighted by atomic mass is 32.2. The van der Waals surface area contributed by atoms with Gasteiger partial charge >= 0.3 is 0 Å². The molecule has 228 valence electrons. The summed E-state index contributed by atoms with van der Waals surface area (Å²) >= 11 is 1.58. The van der Waals surface area contributed by atoms with Crippen LogP contribution in [-0.2, 0) is 6.42 Å². The van der Waals surface area contributed by atoms with Gasteiger partial charge in [0.25, 0.3) is 0 Å². The Kier molecular flexibility index (Phi) is 9.56. The Morgan fingerprint density at radius 1 is 0.953 bits per heavy atom. The van der Waals surface area contributed by atoms with Crippen molar-refractivity contribution in [2.24, 2.45) is 0 Å². The number of hydrogen-bond donors (Lipinski definition) is 2. The van der Waals surface area contributed by atoms with Gasteiger partial charge in [-0.25, -0.2) is 4.98 Å². The lowest BCUT2D eigenvalue weighted by atomic mass is 10.0. The van der Waals surface area contributed by atoms with Crippen LogP contribution in [0.25, 0.3) is 11.0 Å². The second kappa shape index (κ2) is 13.5. The summed E-state index contributed by atoms with van der Waals surface area (Å²) < 4.78 is 13.5. The zero-order chi connectivity index (χ0) is 30.5. The maximum Gasteiger partial charge on any atom is 0.229 e. The number of nitrogens with one attached hydrogen (secondary N) is 2. The summed E-state index contributed by atoms with van der Waals surface area (Å²) in [5.41, 5.74) is 6.61. The van der Waals surface area contributed by atoms with Crippen molar-refractivity contribution in [1.82, 2.24) is 24.8 Å². The maximum absolute atomic E-state index is 5.86. The number of piperidine rings is 1. The minimum Gasteiger partial charge on any atom is -0.494 e. The minimum absolute atomic E-state index is 0.420. The van der Waals surface area contributed by atoms with Crippen LogP contribution >= 0.6 is 11.9 Å². The van der Waals surface area contributed by atoms with Crippen molar-refractivity contribution in [2.45, 2.75) is 32.2 Å². The average molecular weight is 604 g/mol. The SMILES string of the molecule is CCc1cc(Nc2ncc(OC)c(Nc3ccc4nccnc4c3N(C)SC)n2)c(OC)cc1N1CCC(N(C)C)CC1. The Bertz CT molecular complexity index is 1560. The Labute approximate surface area is 258 Å². The topological polar surface area (TPSA) is 104 Å². The normalized spacial score (nSPS) is 13.8. The van der Waals surface area contributed by atoms with Crippen LogP contribution < -0.4 is 29.3 Å². The fraction of sp³-hybridized carbons (Fsp3) is 0.419. The maximum atomic E-state index is 5.86. The van der Waals surface area contributed by atoms with Gasteiger partial charge in [-0.2, -0.15) is 4.98 Å². The van der Waals surface area contributed by atoms with E-state index in [0.29, 0.717) is 23.6 Å². The first-order valence-electron chi connectivity index (χ1n) is 14.5. The third-order valence-electron chi connectivity index (χ3n) is 7.99. The predicted molar refractivity (Wildman–Crippen MR) is 178 cm³/mol. The highest BCUT2D eigenvalue weighted by Crippen LogP contribution is 2.39. The van der Waals surface area contributed by atoms with Crippen LogP contribution in [0.1, 0.15) is 25.3 Å². The van der Waals surface area contributed by atoms with Crippen molar-refractivity contribution in [3.05, 3.63) is 48.4 Å². The van der Waals surface area contributed by atoms with Crippen molar-refractivity contribution < 1.29 is 9.47 Å². The number of anilines is 6. The van der Waals surface area contributed by atoms with Crippen molar-refractivity contribution >= 4 is 57.5 Å².